The number of benzene rings is 1. The fourth-order valence-corrected chi connectivity index (χ4v) is 1.97. The first-order valence-electron chi connectivity index (χ1n) is 7.69. The molecule has 0 fully saturated rings. The van der Waals surface area contributed by atoms with Gasteiger partial charge in [0.2, 0.25) is 0 Å². The molecule has 1 aromatic rings. The number of hydrogen-bond donors (Lipinski definition) is 2. The van der Waals surface area contributed by atoms with E-state index in [1.165, 1.54) is 13.2 Å². The van der Waals surface area contributed by atoms with E-state index in [1.807, 2.05) is 30.3 Å². The molecule has 5 nitrogen and oxygen atoms in total. The van der Waals surface area contributed by atoms with Crippen molar-refractivity contribution < 1.29 is 24.5 Å². The van der Waals surface area contributed by atoms with Gasteiger partial charge < -0.3 is 19.7 Å². The van der Waals surface area contributed by atoms with E-state index >= 15 is 0 Å². The molecule has 0 saturated heterocycles. The first-order valence-corrected chi connectivity index (χ1v) is 7.69. The van der Waals surface area contributed by atoms with Gasteiger partial charge in [-0.1, -0.05) is 49.4 Å². The van der Waals surface area contributed by atoms with Crippen LogP contribution in [0.5, 0.6) is 0 Å². The average molecular weight is 322 g/mol. The number of esters is 1. The summed E-state index contributed by atoms with van der Waals surface area (Å²) in [6.07, 6.45) is 1.42. The van der Waals surface area contributed by atoms with Gasteiger partial charge in [0, 0.05) is 5.92 Å². The number of carbonyl (C=O) groups is 1. The Hall–Kier alpha value is -1.69. The molecule has 0 unspecified atom stereocenters. The minimum absolute atomic E-state index is 0.132. The van der Waals surface area contributed by atoms with Crippen LogP contribution in [-0.4, -0.2) is 42.1 Å². The van der Waals surface area contributed by atoms with Crippen LogP contribution in [0.4, 0.5) is 0 Å². The Kier molecular flexibility index (Phi) is 8.55. The van der Waals surface area contributed by atoms with Crippen molar-refractivity contribution in [2.45, 2.75) is 32.7 Å². The molecular weight excluding hydrogens is 296 g/mol. The van der Waals surface area contributed by atoms with Gasteiger partial charge >= 0.3 is 5.97 Å². The molecule has 0 aromatic heterocycles. The van der Waals surface area contributed by atoms with Gasteiger partial charge in [-0.15, -0.1) is 0 Å². The summed E-state index contributed by atoms with van der Waals surface area (Å²) in [6.45, 7) is 3.96. The topological polar surface area (TPSA) is 76.0 Å². The predicted molar refractivity (Wildman–Crippen MR) is 87.6 cm³/mol. The molecule has 0 radical (unpaired) electrons. The van der Waals surface area contributed by atoms with E-state index in [2.05, 4.69) is 4.74 Å². The third-order valence-corrected chi connectivity index (χ3v) is 3.72. The van der Waals surface area contributed by atoms with Crippen LogP contribution in [0.3, 0.4) is 0 Å². The number of aliphatic hydroxyl groups is 2. The van der Waals surface area contributed by atoms with E-state index < -0.39 is 24.0 Å². The summed E-state index contributed by atoms with van der Waals surface area (Å²) in [6, 6.07) is 9.67. The summed E-state index contributed by atoms with van der Waals surface area (Å²) in [5.74, 6) is -1.21. The lowest BCUT2D eigenvalue weighted by Gasteiger charge is -2.22. The van der Waals surface area contributed by atoms with Crippen LogP contribution in [0, 0.1) is 11.8 Å². The molecule has 0 saturated carbocycles. The zero-order valence-corrected chi connectivity index (χ0v) is 13.9. The fourth-order valence-electron chi connectivity index (χ4n) is 1.97. The van der Waals surface area contributed by atoms with E-state index in [1.54, 1.807) is 19.9 Å². The van der Waals surface area contributed by atoms with Crippen molar-refractivity contribution in [2.24, 2.45) is 11.8 Å². The Labute approximate surface area is 137 Å². The van der Waals surface area contributed by atoms with Gasteiger partial charge in [0.25, 0.3) is 0 Å². The lowest BCUT2D eigenvalue weighted by molar-refractivity contribution is -0.143. The lowest BCUT2D eigenvalue weighted by atomic mass is 9.97. The maximum atomic E-state index is 11.3. The highest BCUT2D eigenvalue weighted by Gasteiger charge is 2.21. The highest BCUT2D eigenvalue weighted by Crippen LogP contribution is 2.13. The van der Waals surface area contributed by atoms with Crippen molar-refractivity contribution in [3.8, 4) is 0 Å². The second kappa shape index (κ2) is 10.2. The van der Waals surface area contributed by atoms with Crippen molar-refractivity contribution in [3.63, 3.8) is 0 Å². The second-order valence-corrected chi connectivity index (χ2v) is 5.61. The molecule has 5 heteroatoms. The monoisotopic (exact) mass is 322 g/mol. The van der Waals surface area contributed by atoms with Crippen molar-refractivity contribution in [1.82, 2.24) is 0 Å². The van der Waals surface area contributed by atoms with Crippen LogP contribution in [-0.2, 0) is 20.9 Å². The minimum Gasteiger partial charge on any atom is -0.469 e. The molecule has 1 rings (SSSR count). The molecule has 0 spiro atoms. The number of ether oxygens (including phenoxy) is 2. The Bertz CT molecular complexity index is 485. The molecule has 0 heterocycles. The molecule has 0 aliphatic carbocycles. The second-order valence-electron chi connectivity index (χ2n) is 5.61. The van der Waals surface area contributed by atoms with E-state index in [0.29, 0.717) is 6.61 Å². The van der Waals surface area contributed by atoms with Gasteiger partial charge in [-0.05, 0) is 12.5 Å². The normalized spacial score (nSPS) is 16.7. The van der Waals surface area contributed by atoms with Gasteiger partial charge in [-0.3, -0.25) is 4.79 Å². The molecule has 0 aliphatic heterocycles. The molecule has 4 atom stereocenters. The van der Waals surface area contributed by atoms with Crippen LogP contribution in [0.25, 0.3) is 0 Å². The number of rotatable bonds is 9. The highest BCUT2D eigenvalue weighted by atomic mass is 16.5. The van der Waals surface area contributed by atoms with Crippen LogP contribution in [0.15, 0.2) is 42.5 Å². The van der Waals surface area contributed by atoms with Crippen molar-refractivity contribution in [2.75, 3.05) is 13.7 Å². The average Bonchev–Trinajstić information content (AvgIpc) is 2.58. The van der Waals surface area contributed by atoms with E-state index in [-0.39, 0.29) is 12.6 Å². The highest BCUT2D eigenvalue weighted by molar-refractivity contribution is 5.73. The Balaban J connectivity index is 2.38. The predicted octanol–water partition coefficient (Wildman–Crippen LogP) is 1.93. The SMILES string of the molecule is COC(=O)[C@@H](C)/C=C/[C@H](O)[C@@H](C)[C@@H](O)COCc1ccccc1. The van der Waals surface area contributed by atoms with E-state index in [0.717, 1.165) is 5.56 Å². The standard InChI is InChI=1S/C18H26O5/c1-13(18(21)22-3)9-10-16(19)14(2)17(20)12-23-11-15-7-5-4-6-8-15/h4-10,13-14,16-17,19-20H,11-12H2,1-3H3/b10-9+/t13-,14+,16-,17-/m0/s1. The summed E-state index contributed by atoms with van der Waals surface area (Å²) < 4.78 is 10.1. The van der Waals surface area contributed by atoms with Crippen LogP contribution in [0.1, 0.15) is 19.4 Å². The van der Waals surface area contributed by atoms with E-state index in [4.69, 9.17) is 4.74 Å². The first-order chi connectivity index (χ1) is 11.0. The summed E-state index contributed by atoms with van der Waals surface area (Å²) in [7, 11) is 1.32. The number of carbonyl (C=O) groups excluding carboxylic acids is 1. The number of methoxy groups -OCH3 is 1. The first kappa shape index (κ1) is 19.4. The number of hydrogen-bond acceptors (Lipinski definition) is 5. The molecule has 0 bridgehead atoms. The van der Waals surface area contributed by atoms with E-state index in [9.17, 15) is 15.0 Å². The van der Waals surface area contributed by atoms with Gasteiger partial charge in [0.1, 0.15) is 0 Å². The van der Waals surface area contributed by atoms with Gasteiger partial charge in [-0.2, -0.15) is 0 Å². The zero-order valence-electron chi connectivity index (χ0n) is 13.9. The quantitative estimate of drug-likeness (QED) is 0.537. The van der Waals surface area contributed by atoms with Crippen molar-refractivity contribution >= 4 is 5.97 Å². The number of aliphatic hydroxyl groups excluding tert-OH is 2. The Morgan fingerprint density at radius 1 is 1.17 bits per heavy atom. The molecule has 2 N–H and O–H groups in total. The Morgan fingerprint density at radius 2 is 1.83 bits per heavy atom. The van der Waals surface area contributed by atoms with Crippen LogP contribution >= 0.6 is 0 Å². The summed E-state index contributed by atoms with van der Waals surface area (Å²) in [4.78, 5) is 11.3. The zero-order chi connectivity index (χ0) is 17.2. The molecular formula is C18H26O5. The van der Waals surface area contributed by atoms with Gasteiger partial charge in [0.15, 0.2) is 0 Å². The Morgan fingerprint density at radius 3 is 2.43 bits per heavy atom. The smallest absolute Gasteiger partial charge is 0.312 e. The maximum absolute atomic E-state index is 11.3. The van der Waals surface area contributed by atoms with Gasteiger partial charge in [0.05, 0.1) is 38.4 Å². The fraction of sp³-hybridized carbons (Fsp3) is 0.500. The third kappa shape index (κ3) is 6.95. The lowest BCUT2D eigenvalue weighted by Crippen LogP contribution is -2.32. The summed E-state index contributed by atoms with van der Waals surface area (Å²) >= 11 is 0. The van der Waals surface area contributed by atoms with Crippen molar-refractivity contribution in [1.29, 1.82) is 0 Å². The van der Waals surface area contributed by atoms with Crippen molar-refractivity contribution in [3.05, 3.63) is 48.0 Å². The third-order valence-electron chi connectivity index (χ3n) is 3.72. The molecule has 0 aliphatic rings. The summed E-state index contributed by atoms with van der Waals surface area (Å²) in [5.41, 5.74) is 1.03. The minimum atomic E-state index is -0.863. The molecule has 1 aromatic carbocycles. The van der Waals surface area contributed by atoms with Crippen LogP contribution < -0.4 is 0 Å². The molecule has 128 valence electrons. The maximum Gasteiger partial charge on any atom is 0.312 e. The summed E-state index contributed by atoms with van der Waals surface area (Å²) in [5, 5.41) is 20.1. The van der Waals surface area contributed by atoms with Crippen LogP contribution in [0.2, 0.25) is 0 Å². The molecule has 0 amide bonds. The molecule has 23 heavy (non-hydrogen) atoms. The van der Waals surface area contributed by atoms with Gasteiger partial charge in [-0.25, -0.2) is 0 Å². The largest absolute Gasteiger partial charge is 0.469 e.